The van der Waals surface area contributed by atoms with Crippen molar-refractivity contribution in [3.05, 3.63) is 63.7 Å². The van der Waals surface area contributed by atoms with Crippen LogP contribution in [0.3, 0.4) is 0 Å². The van der Waals surface area contributed by atoms with Gasteiger partial charge >= 0.3 is 5.97 Å². The zero-order valence-electron chi connectivity index (χ0n) is 12.5. The molecule has 23 heavy (non-hydrogen) atoms. The molecule has 0 atom stereocenters. The Bertz CT molecular complexity index is 769. The minimum absolute atomic E-state index is 0.0592. The van der Waals surface area contributed by atoms with Crippen LogP contribution in [0.1, 0.15) is 22.8 Å². The highest BCUT2D eigenvalue weighted by Gasteiger charge is 2.14. The summed E-state index contributed by atoms with van der Waals surface area (Å²) in [6.45, 7) is 2.95. The Labute approximate surface area is 132 Å². The molecule has 0 bridgehead atoms. The largest absolute Gasteiger partial charge is 0.426 e. The van der Waals surface area contributed by atoms with E-state index in [9.17, 15) is 19.7 Å². The van der Waals surface area contributed by atoms with Crippen molar-refractivity contribution in [1.29, 1.82) is 0 Å². The number of nitrogens with zero attached hydrogens (tertiary/aromatic N) is 1. The number of amides is 1. The summed E-state index contributed by atoms with van der Waals surface area (Å²) in [6.07, 6.45) is 0. The molecule has 0 heterocycles. The summed E-state index contributed by atoms with van der Waals surface area (Å²) in [5.74, 6) is -0.555. The fourth-order valence-electron chi connectivity index (χ4n) is 1.99. The highest BCUT2D eigenvalue weighted by atomic mass is 16.6. The lowest BCUT2D eigenvalue weighted by Crippen LogP contribution is -2.14. The van der Waals surface area contributed by atoms with Gasteiger partial charge in [-0.05, 0) is 31.2 Å². The number of carbonyl (C=O) groups excluding carboxylic acids is 2. The van der Waals surface area contributed by atoms with Crippen molar-refractivity contribution in [2.24, 2.45) is 0 Å². The van der Waals surface area contributed by atoms with Crippen molar-refractivity contribution in [3.63, 3.8) is 0 Å². The van der Waals surface area contributed by atoms with Gasteiger partial charge in [-0.25, -0.2) is 0 Å². The molecule has 1 N–H and O–H groups in total. The molecule has 0 saturated carbocycles. The fourth-order valence-corrected chi connectivity index (χ4v) is 1.99. The van der Waals surface area contributed by atoms with E-state index in [1.54, 1.807) is 25.1 Å². The lowest BCUT2D eigenvalue weighted by Gasteiger charge is -2.11. The molecule has 7 heteroatoms. The second-order valence-corrected chi connectivity index (χ2v) is 4.78. The molecule has 0 spiro atoms. The van der Waals surface area contributed by atoms with Crippen LogP contribution in [-0.4, -0.2) is 16.8 Å². The summed E-state index contributed by atoms with van der Waals surface area (Å²) < 4.78 is 5.03. The van der Waals surface area contributed by atoms with Crippen LogP contribution in [-0.2, 0) is 4.79 Å². The first kappa shape index (κ1) is 16.2. The number of esters is 1. The Hall–Kier alpha value is -3.22. The zero-order chi connectivity index (χ0) is 17.0. The fraction of sp³-hybridized carbons (Fsp3) is 0.125. The highest BCUT2D eigenvalue weighted by Crippen LogP contribution is 2.23. The Morgan fingerprint density at radius 3 is 2.35 bits per heavy atom. The number of anilines is 1. The molecule has 0 aliphatic heterocycles. The number of nitro groups is 1. The molecule has 0 aliphatic rings. The first-order valence-electron chi connectivity index (χ1n) is 6.72. The summed E-state index contributed by atoms with van der Waals surface area (Å²) in [5.41, 5.74) is 1.25. The molecule has 0 aliphatic carbocycles. The lowest BCUT2D eigenvalue weighted by atomic mass is 10.1. The van der Waals surface area contributed by atoms with E-state index in [2.05, 4.69) is 5.32 Å². The number of carbonyl (C=O) groups is 2. The summed E-state index contributed by atoms with van der Waals surface area (Å²) in [6, 6.07) is 10.3. The average molecular weight is 314 g/mol. The summed E-state index contributed by atoms with van der Waals surface area (Å²) in [4.78, 5) is 33.4. The van der Waals surface area contributed by atoms with Crippen molar-refractivity contribution < 1.29 is 19.2 Å². The molecule has 1 amide bonds. The standard InChI is InChI=1S/C16H14N2O5/c1-10-14(4-3-5-15(10)23-11(2)19)16(20)17-12-6-8-13(9-7-12)18(21)22/h3-9H,1-2H3,(H,17,20). The van der Waals surface area contributed by atoms with Crippen LogP contribution in [0.4, 0.5) is 11.4 Å². The van der Waals surface area contributed by atoms with Gasteiger partial charge in [0.25, 0.3) is 11.6 Å². The third-order valence-electron chi connectivity index (χ3n) is 3.12. The van der Waals surface area contributed by atoms with E-state index >= 15 is 0 Å². The van der Waals surface area contributed by atoms with Crippen molar-refractivity contribution in [2.75, 3.05) is 5.32 Å². The van der Waals surface area contributed by atoms with E-state index in [0.29, 0.717) is 22.6 Å². The van der Waals surface area contributed by atoms with Crippen molar-refractivity contribution in [1.82, 2.24) is 0 Å². The molecule has 0 aromatic heterocycles. The number of nitro benzene ring substituents is 1. The molecule has 0 unspecified atom stereocenters. The van der Waals surface area contributed by atoms with Crippen LogP contribution in [0, 0.1) is 17.0 Å². The monoisotopic (exact) mass is 314 g/mol. The quantitative estimate of drug-likeness (QED) is 0.404. The topological polar surface area (TPSA) is 98.5 Å². The molecule has 0 fully saturated rings. The maximum atomic E-state index is 12.3. The van der Waals surface area contributed by atoms with Gasteiger partial charge < -0.3 is 10.1 Å². The lowest BCUT2D eigenvalue weighted by molar-refractivity contribution is -0.384. The van der Waals surface area contributed by atoms with Crippen LogP contribution in [0.15, 0.2) is 42.5 Å². The minimum atomic E-state index is -0.516. The van der Waals surface area contributed by atoms with Gasteiger partial charge in [0.15, 0.2) is 0 Å². The normalized spacial score (nSPS) is 10.0. The molecule has 118 valence electrons. The molecule has 2 rings (SSSR count). The third kappa shape index (κ3) is 3.91. The molecule has 0 saturated heterocycles. The Morgan fingerprint density at radius 1 is 1.13 bits per heavy atom. The van der Waals surface area contributed by atoms with Crippen molar-refractivity contribution in [2.45, 2.75) is 13.8 Å². The van der Waals surface area contributed by atoms with Crippen LogP contribution in [0.25, 0.3) is 0 Å². The summed E-state index contributed by atoms with van der Waals surface area (Å²) in [7, 11) is 0. The Balaban J connectivity index is 2.20. The van der Waals surface area contributed by atoms with Crippen LogP contribution in [0.2, 0.25) is 0 Å². The SMILES string of the molecule is CC(=O)Oc1cccc(C(=O)Nc2ccc([N+](=O)[O-])cc2)c1C. The minimum Gasteiger partial charge on any atom is -0.426 e. The molecule has 2 aromatic rings. The molecule has 7 nitrogen and oxygen atoms in total. The first-order valence-corrected chi connectivity index (χ1v) is 6.72. The van der Waals surface area contributed by atoms with E-state index < -0.39 is 16.8 Å². The summed E-state index contributed by atoms with van der Waals surface area (Å²) in [5, 5.41) is 13.2. The number of benzene rings is 2. The maximum Gasteiger partial charge on any atom is 0.308 e. The highest BCUT2D eigenvalue weighted by molar-refractivity contribution is 6.05. The van der Waals surface area contributed by atoms with Crippen molar-refractivity contribution in [3.8, 4) is 5.75 Å². The van der Waals surface area contributed by atoms with Gasteiger partial charge in [-0.1, -0.05) is 6.07 Å². The van der Waals surface area contributed by atoms with Crippen molar-refractivity contribution >= 4 is 23.3 Å². The van der Waals surface area contributed by atoms with E-state index in [4.69, 9.17) is 4.74 Å². The van der Waals surface area contributed by atoms with E-state index in [0.717, 1.165) is 0 Å². The van der Waals surface area contributed by atoms with Crippen LogP contribution >= 0.6 is 0 Å². The Morgan fingerprint density at radius 2 is 1.78 bits per heavy atom. The molecule has 2 aromatic carbocycles. The van der Waals surface area contributed by atoms with Gasteiger partial charge in [0.2, 0.25) is 0 Å². The summed E-state index contributed by atoms with van der Waals surface area (Å²) >= 11 is 0. The number of hydrogen-bond donors (Lipinski definition) is 1. The smallest absolute Gasteiger partial charge is 0.308 e. The first-order chi connectivity index (χ1) is 10.9. The van der Waals surface area contributed by atoms with Gasteiger partial charge in [0.1, 0.15) is 5.75 Å². The van der Waals surface area contributed by atoms with Gasteiger partial charge in [-0.3, -0.25) is 19.7 Å². The number of nitrogens with one attached hydrogen (secondary N) is 1. The van der Waals surface area contributed by atoms with E-state index in [1.807, 2.05) is 0 Å². The molecular formula is C16H14N2O5. The number of non-ortho nitro benzene ring substituents is 1. The predicted molar refractivity (Wildman–Crippen MR) is 83.5 cm³/mol. The van der Waals surface area contributed by atoms with Crippen LogP contribution in [0.5, 0.6) is 5.75 Å². The van der Waals surface area contributed by atoms with E-state index in [-0.39, 0.29) is 5.69 Å². The number of rotatable bonds is 4. The van der Waals surface area contributed by atoms with Gasteiger partial charge in [-0.2, -0.15) is 0 Å². The second kappa shape index (κ2) is 6.69. The van der Waals surface area contributed by atoms with Gasteiger partial charge in [-0.15, -0.1) is 0 Å². The average Bonchev–Trinajstić information content (AvgIpc) is 2.49. The molecular weight excluding hydrogens is 300 g/mol. The zero-order valence-corrected chi connectivity index (χ0v) is 12.5. The van der Waals surface area contributed by atoms with Gasteiger partial charge in [0.05, 0.1) is 4.92 Å². The molecule has 0 radical (unpaired) electrons. The predicted octanol–water partition coefficient (Wildman–Crippen LogP) is 3.08. The third-order valence-corrected chi connectivity index (χ3v) is 3.12. The van der Waals surface area contributed by atoms with Gasteiger partial charge in [0, 0.05) is 35.9 Å². The Kier molecular flexibility index (Phi) is 4.70. The maximum absolute atomic E-state index is 12.3. The number of hydrogen-bond acceptors (Lipinski definition) is 5. The van der Waals surface area contributed by atoms with Crippen LogP contribution < -0.4 is 10.1 Å². The van der Waals surface area contributed by atoms with E-state index in [1.165, 1.54) is 31.2 Å². The number of ether oxygens (including phenoxy) is 1. The second-order valence-electron chi connectivity index (χ2n) is 4.78.